The molecule has 4 nitrogen and oxygen atoms in total. The highest BCUT2D eigenvalue weighted by molar-refractivity contribution is 9.10. The average Bonchev–Trinajstić information content (AvgIpc) is 2.64. The van der Waals surface area contributed by atoms with Crippen LogP contribution in [0, 0.1) is 5.92 Å². The van der Waals surface area contributed by atoms with Crippen molar-refractivity contribution in [2.24, 2.45) is 5.92 Å². The highest BCUT2D eigenvalue weighted by Gasteiger charge is 2.35. The lowest BCUT2D eigenvalue weighted by Crippen LogP contribution is -2.49. The van der Waals surface area contributed by atoms with Gasteiger partial charge in [-0.25, -0.2) is 12.7 Å². The largest absolute Gasteiger partial charge is 0.296 e. The van der Waals surface area contributed by atoms with E-state index in [4.69, 9.17) is 0 Å². The van der Waals surface area contributed by atoms with Crippen LogP contribution in [0.2, 0.25) is 0 Å². The summed E-state index contributed by atoms with van der Waals surface area (Å²) in [5, 5.41) is -0.317. The number of halogens is 1. The van der Waals surface area contributed by atoms with Gasteiger partial charge in [0.05, 0.1) is 5.25 Å². The molecule has 2 aliphatic heterocycles. The Balaban J connectivity index is 1.63. The van der Waals surface area contributed by atoms with Crippen LogP contribution in [0.3, 0.4) is 0 Å². The van der Waals surface area contributed by atoms with Gasteiger partial charge in [0.2, 0.25) is 10.0 Å². The van der Waals surface area contributed by atoms with Crippen LogP contribution >= 0.6 is 15.9 Å². The van der Waals surface area contributed by atoms with Crippen molar-refractivity contribution in [3.05, 3.63) is 34.3 Å². The number of nitrogens with zero attached hydrogens (tertiary/aromatic N) is 2. The van der Waals surface area contributed by atoms with E-state index in [1.165, 1.54) is 24.8 Å². The third-order valence-electron chi connectivity index (χ3n) is 5.96. The normalized spacial score (nSPS) is 24.2. The number of rotatable bonds is 5. The maximum Gasteiger partial charge on any atom is 0.216 e. The van der Waals surface area contributed by atoms with E-state index >= 15 is 0 Å². The molecule has 1 aromatic carbocycles. The molecule has 1 atom stereocenters. The number of hydrogen-bond donors (Lipinski definition) is 0. The molecule has 0 aliphatic carbocycles. The molecule has 1 aromatic rings. The molecule has 146 valence electrons. The lowest BCUT2D eigenvalue weighted by atomic mass is 9.84. The van der Waals surface area contributed by atoms with E-state index < -0.39 is 10.0 Å². The molecule has 0 aromatic heterocycles. The van der Waals surface area contributed by atoms with Crippen LogP contribution in [0.5, 0.6) is 0 Å². The fraction of sp³-hybridized carbons (Fsp3) is 0.700. The van der Waals surface area contributed by atoms with Crippen LogP contribution in [0.25, 0.3) is 0 Å². The van der Waals surface area contributed by atoms with E-state index in [0.29, 0.717) is 25.0 Å². The summed E-state index contributed by atoms with van der Waals surface area (Å²) in [6, 6.07) is 9.23. The van der Waals surface area contributed by atoms with E-state index in [1.807, 2.05) is 0 Å². The molecule has 6 heteroatoms. The Morgan fingerprint density at radius 1 is 1.04 bits per heavy atom. The first kappa shape index (κ1) is 20.3. The molecule has 3 rings (SSSR count). The molecule has 2 heterocycles. The third kappa shape index (κ3) is 4.70. The van der Waals surface area contributed by atoms with Crippen LogP contribution in [-0.4, -0.2) is 48.5 Å². The zero-order valence-electron chi connectivity index (χ0n) is 15.9. The van der Waals surface area contributed by atoms with Gasteiger partial charge in [-0.2, -0.15) is 0 Å². The van der Waals surface area contributed by atoms with Crippen molar-refractivity contribution in [2.45, 2.75) is 63.8 Å². The lowest BCUT2D eigenvalue weighted by molar-refractivity contribution is 0.0683. The second kappa shape index (κ2) is 8.72. The van der Waals surface area contributed by atoms with Crippen molar-refractivity contribution >= 4 is 26.0 Å². The average molecular weight is 443 g/mol. The summed E-state index contributed by atoms with van der Waals surface area (Å²) >= 11 is 3.51. The Bertz CT molecular complexity index is 682. The Hall–Kier alpha value is -0.430. The molecular formula is C20H31BrN2O2S. The van der Waals surface area contributed by atoms with Crippen molar-refractivity contribution in [3.63, 3.8) is 0 Å². The van der Waals surface area contributed by atoms with Gasteiger partial charge in [0, 0.05) is 30.1 Å². The minimum absolute atomic E-state index is 0.317. The molecule has 0 radical (unpaired) electrons. The Labute approximate surface area is 167 Å². The van der Waals surface area contributed by atoms with E-state index in [-0.39, 0.29) is 5.25 Å². The second-order valence-corrected chi connectivity index (χ2v) is 11.4. The summed E-state index contributed by atoms with van der Waals surface area (Å²) in [7, 11) is -3.10. The first-order chi connectivity index (χ1) is 12.4. The first-order valence-corrected chi connectivity index (χ1v) is 12.1. The zero-order chi connectivity index (χ0) is 18.7. The molecule has 0 N–H and O–H groups in total. The topological polar surface area (TPSA) is 40.6 Å². The maximum atomic E-state index is 12.4. The Morgan fingerprint density at radius 3 is 2.31 bits per heavy atom. The van der Waals surface area contributed by atoms with E-state index in [0.717, 1.165) is 30.4 Å². The molecule has 2 fully saturated rings. The van der Waals surface area contributed by atoms with Crippen LogP contribution in [0.1, 0.15) is 51.5 Å². The summed E-state index contributed by atoms with van der Waals surface area (Å²) in [6.45, 7) is 7.10. The van der Waals surface area contributed by atoms with E-state index in [2.05, 4.69) is 45.1 Å². The monoisotopic (exact) mass is 442 g/mol. The molecule has 26 heavy (non-hydrogen) atoms. The minimum atomic E-state index is -3.10. The molecule has 0 spiro atoms. The Morgan fingerprint density at radius 2 is 1.69 bits per heavy atom. The van der Waals surface area contributed by atoms with Crippen molar-refractivity contribution in [2.75, 3.05) is 19.6 Å². The predicted octanol–water partition coefficient (Wildman–Crippen LogP) is 4.25. The number of likely N-dealkylation sites (tertiary alicyclic amines) is 1. The summed E-state index contributed by atoms with van der Waals surface area (Å²) in [6.07, 6.45) is 5.80. The van der Waals surface area contributed by atoms with Gasteiger partial charge in [0.1, 0.15) is 0 Å². The quantitative estimate of drug-likeness (QED) is 0.683. The van der Waals surface area contributed by atoms with Gasteiger partial charge in [0.15, 0.2) is 0 Å². The SMILES string of the molecule is CC(C)S(=O)(=O)N1CCC(C2CCCCN2Cc2ccc(Br)cc2)CC1. The highest BCUT2D eigenvalue weighted by atomic mass is 79.9. The van der Waals surface area contributed by atoms with Crippen molar-refractivity contribution < 1.29 is 8.42 Å². The first-order valence-electron chi connectivity index (χ1n) is 9.85. The zero-order valence-corrected chi connectivity index (χ0v) is 18.3. The van der Waals surface area contributed by atoms with Crippen LogP contribution < -0.4 is 0 Å². The van der Waals surface area contributed by atoms with Crippen LogP contribution in [0.15, 0.2) is 28.7 Å². The molecule has 1 unspecified atom stereocenters. The van der Waals surface area contributed by atoms with Gasteiger partial charge in [-0.05, 0) is 69.7 Å². The van der Waals surface area contributed by atoms with Gasteiger partial charge in [0.25, 0.3) is 0 Å². The molecular weight excluding hydrogens is 412 g/mol. The lowest BCUT2D eigenvalue weighted by Gasteiger charge is -2.43. The van der Waals surface area contributed by atoms with Crippen molar-refractivity contribution in [1.29, 1.82) is 0 Å². The van der Waals surface area contributed by atoms with Crippen molar-refractivity contribution in [1.82, 2.24) is 9.21 Å². The van der Waals surface area contributed by atoms with Gasteiger partial charge < -0.3 is 0 Å². The number of hydrogen-bond acceptors (Lipinski definition) is 3. The molecule has 2 saturated heterocycles. The van der Waals surface area contributed by atoms with Gasteiger partial charge in [-0.3, -0.25) is 4.90 Å². The third-order valence-corrected chi connectivity index (χ3v) is 8.77. The fourth-order valence-electron chi connectivity index (χ4n) is 4.38. The van der Waals surface area contributed by atoms with E-state index in [1.54, 1.807) is 18.2 Å². The molecule has 2 aliphatic rings. The summed E-state index contributed by atoms with van der Waals surface area (Å²) in [4.78, 5) is 2.64. The fourth-order valence-corrected chi connectivity index (χ4v) is 5.96. The van der Waals surface area contributed by atoms with Crippen LogP contribution in [-0.2, 0) is 16.6 Å². The van der Waals surface area contributed by atoms with Gasteiger partial charge >= 0.3 is 0 Å². The smallest absolute Gasteiger partial charge is 0.216 e. The summed E-state index contributed by atoms with van der Waals surface area (Å²) in [5.74, 6) is 0.615. The molecule has 0 amide bonds. The highest BCUT2D eigenvalue weighted by Crippen LogP contribution is 2.32. The van der Waals surface area contributed by atoms with E-state index in [9.17, 15) is 8.42 Å². The predicted molar refractivity (Wildman–Crippen MR) is 111 cm³/mol. The van der Waals surface area contributed by atoms with Gasteiger partial charge in [-0.15, -0.1) is 0 Å². The molecule has 0 bridgehead atoms. The maximum absolute atomic E-state index is 12.4. The minimum Gasteiger partial charge on any atom is -0.296 e. The Kier molecular flexibility index (Phi) is 6.81. The van der Waals surface area contributed by atoms with Gasteiger partial charge in [-0.1, -0.05) is 34.5 Å². The summed E-state index contributed by atoms with van der Waals surface area (Å²) < 4.78 is 27.7. The number of sulfonamides is 1. The summed E-state index contributed by atoms with van der Waals surface area (Å²) in [5.41, 5.74) is 1.36. The molecule has 0 saturated carbocycles. The van der Waals surface area contributed by atoms with Crippen molar-refractivity contribution in [3.8, 4) is 0 Å². The second-order valence-electron chi connectivity index (χ2n) is 7.99. The number of piperidine rings is 2. The van der Waals surface area contributed by atoms with Crippen LogP contribution in [0.4, 0.5) is 0 Å². The standard InChI is InChI=1S/C20H31BrN2O2S/c1-16(2)26(24,25)23-13-10-18(11-14-23)20-5-3-4-12-22(20)15-17-6-8-19(21)9-7-17/h6-9,16,18,20H,3-5,10-15H2,1-2H3. The number of benzene rings is 1.